The predicted molar refractivity (Wildman–Crippen MR) is 43.0 cm³/mol. The minimum Gasteiger partial charge on any atom is -0.465 e. The smallest absolute Gasteiger partial charge is 0.408 e. The molecule has 0 aliphatic rings. The molecule has 0 aliphatic carbocycles. The third kappa shape index (κ3) is 3.80. The van der Waals surface area contributed by atoms with E-state index in [9.17, 15) is 4.79 Å². The second-order valence-corrected chi connectivity index (χ2v) is 2.20. The van der Waals surface area contributed by atoms with Gasteiger partial charge in [0.1, 0.15) is 0 Å². The highest BCUT2D eigenvalue weighted by Crippen LogP contribution is 1.98. The lowest BCUT2D eigenvalue weighted by molar-refractivity contribution is 0.141. The average molecular weight is 188 g/mol. The zero-order chi connectivity index (χ0) is 7.44. The summed E-state index contributed by atoms with van der Waals surface area (Å²) in [5.41, 5.74) is 0. The molecule has 1 amide bonds. The van der Waals surface area contributed by atoms with Crippen LogP contribution in [0.2, 0.25) is 0 Å². The summed E-state index contributed by atoms with van der Waals surface area (Å²) in [5.74, 6) is 0. The van der Waals surface area contributed by atoms with Crippen molar-refractivity contribution in [1.82, 2.24) is 4.90 Å². The summed E-state index contributed by atoms with van der Waals surface area (Å²) in [6, 6.07) is -0.00694. The van der Waals surface area contributed by atoms with Crippen LogP contribution in [0.1, 0.15) is 13.8 Å². The van der Waals surface area contributed by atoms with E-state index in [1.807, 2.05) is 0 Å². The van der Waals surface area contributed by atoms with Gasteiger partial charge in [0.15, 0.2) is 0 Å². The summed E-state index contributed by atoms with van der Waals surface area (Å²) in [7, 11) is 0. The van der Waals surface area contributed by atoms with E-state index in [-0.39, 0.29) is 24.5 Å². The Bertz CT molecular complexity index is 108. The molecule has 5 heteroatoms. The lowest BCUT2D eigenvalue weighted by atomic mass is 10.4. The van der Waals surface area contributed by atoms with Crippen LogP contribution in [0.25, 0.3) is 0 Å². The van der Waals surface area contributed by atoms with Gasteiger partial charge < -0.3 is 5.11 Å². The molecule has 1 N–H and O–H groups in total. The van der Waals surface area contributed by atoms with Crippen LogP contribution < -0.4 is 0 Å². The topological polar surface area (TPSA) is 40.5 Å². The van der Waals surface area contributed by atoms with Crippen LogP contribution in [0, 0.1) is 0 Å². The van der Waals surface area contributed by atoms with Crippen molar-refractivity contribution >= 4 is 30.1 Å². The average Bonchev–Trinajstić information content (AvgIpc) is 1.64. The van der Waals surface area contributed by atoms with Gasteiger partial charge in [-0.3, -0.25) is 4.90 Å². The standard InChI is InChI=1S/C5H10ClNO2.ClH/c1-4(2)7(3-6)5(8)9;/h4H,3H2,1-2H3,(H,8,9);1H. The van der Waals surface area contributed by atoms with Gasteiger partial charge in [-0.05, 0) is 13.8 Å². The Morgan fingerprint density at radius 2 is 2.10 bits per heavy atom. The Balaban J connectivity index is 0. The predicted octanol–water partition coefficient (Wildman–Crippen LogP) is 1.99. The molecule has 0 aromatic carbocycles. The first-order valence-corrected chi connectivity index (χ1v) is 3.18. The van der Waals surface area contributed by atoms with Crippen molar-refractivity contribution in [3.05, 3.63) is 0 Å². The van der Waals surface area contributed by atoms with Crippen molar-refractivity contribution in [2.24, 2.45) is 0 Å². The Kier molecular flexibility index (Phi) is 7.04. The number of halogens is 2. The Morgan fingerprint density at radius 3 is 2.10 bits per heavy atom. The van der Waals surface area contributed by atoms with E-state index in [1.54, 1.807) is 13.8 Å². The normalized spacial score (nSPS) is 8.80. The highest BCUT2D eigenvalue weighted by molar-refractivity contribution is 6.18. The van der Waals surface area contributed by atoms with Crippen LogP contribution in [-0.4, -0.2) is 28.1 Å². The van der Waals surface area contributed by atoms with Gasteiger partial charge in [0.2, 0.25) is 0 Å². The lowest BCUT2D eigenvalue weighted by Crippen LogP contribution is -2.34. The summed E-state index contributed by atoms with van der Waals surface area (Å²) >= 11 is 5.30. The van der Waals surface area contributed by atoms with Gasteiger partial charge >= 0.3 is 6.09 Å². The molecule has 0 rings (SSSR count). The van der Waals surface area contributed by atoms with Gasteiger partial charge in [-0.15, -0.1) is 24.0 Å². The second kappa shape index (κ2) is 5.62. The number of hydrogen-bond donors (Lipinski definition) is 1. The molecule has 0 spiro atoms. The van der Waals surface area contributed by atoms with Crippen LogP contribution in [0.4, 0.5) is 4.79 Å². The number of alkyl halides is 1. The lowest BCUT2D eigenvalue weighted by Gasteiger charge is -2.19. The van der Waals surface area contributed by atoms with Gasteiger partial charge in [-0.1, -0.05) is 0 Å². The third-order valence-electron chi connectivity index (χ3n) is 0.998. The highest BCUT2D eigenvalue weighted by Gasteiger charge is 2.12. The molecule has 0 unspecified atom stereocenters. The molecular formula is C5H11Cl2NO2. The van der Waals surface area contributed by atoms with E-state index in [1.165, 1.54) is 0 Å². The van der Waals surface area contributed by atoms with Crippen molar-refractivity contribution in [1.29, 1.82) is 0 Å². The van der Waals surface area contributed by atoms with Gasteiger partial charge in [-0.25, -0.2) is 4.79 Å². The molecule has 62 valence electrons. The summed E-state index contributed by atoms with van der Waals surface area (Å²) in [6.45, 7) is 3.55. The molecule has 0 heterocycles. The minimum atomic E-state index is -0.972. The maximum Gasteiger partial charge on any atom is 0.408 e. The molecule has 0 saturated heterocycles. The fraction of sp³-hybridized carbons (Fsp3) is 0.800. The fourth-order valence-electron chi connectivity index (χ4n) is 0.410. The van der Waals surface area contributed by atoms with Crippen molar-refractivity contribution in [2.45, 2.75) is 19.9 Å². The quantitative estimate of drug-likeness (QED) is 0.531. The van der Waals surface area contributed by atoms with E-state index >= 15 is 0 Å². The third-order valence-corrected chi connectivity index (χ3v) is 1.26. The SMILES string of the molecule is CC(C)N(CCl)C(=O)O.Cl. The zero-order valence-corrected chi connectivity index (χ0v) is 7.45. The van der Waals surface area contributed by atoms with E-state index in [0.717, 1.165) is 4.90 Å². The number of nitrogens with zero attached hydrogens (tertiary/aromatic N) is 1. The first-order valence-electron chi connectivity index (χ1n) is 2.65. The van der Waals surface area contributed by atoms with Crippen LogP contribution in [0.3, 0.4) is 0 Å². The molecule has 10 heavy (non-hydrogen) atoms. The molecule has 0 bridgehead atoms. The van der Waals surface area contributed by atoms with E-state index in [2.05, 4.69) is 0 Å². The maximum atomic E-state index is 10.2. The van der Waals surface area contributed by atoms with Crippen molar-refractivity contribution in [3.63, 3.8) is 0 Å². The summed E-state index contributed by atoms with van der Waals surface area (Å²) in [6.07, 6.45) is -0.972. The minimum absolute atomic E-state index is 0. The molecule has 0 aliphatic heterocycles. The van der Waals surface area contributed by atoms with Crippen molar-refractivity contribution < 1.29 is 9.90 Å². The van der Waals surface area contributed by atoms with Gasteiger partial charge in [0.25, 0.3) is 0 Å². The van der Waals surface area contributed by atoms with Crippen LogP contribution in [0.15, 0.2) is 0 Å². The molecule has 0 aromatic heterocycles. The Labute approximate surface area is 71.4 Å². The molecule has 0 atom stereocenters. The molecule has 3 nitrogen and oxygen atoms in total. The number of carbonyl (C=O) groups is 1. The number of hydrogen-bond acceptors (Lipinski definition) is 1. The van der Waals surface area contributed by atoms with Gasteiger partial charge in [0, 0.05) is 6.04 Å². The van der Waals surface area contributed by atoms with Gasteiger partial charge in [-0.2, -0.15) is 0 Å². The largest absolute Gasteiger partial charge is 0.465 e. The molecule has 0 aromatic rings. The van der Waals surface area contributed by atoms with E-state index in [0.29, 0.717) is 0 Å². The summed E-state index contributed by atoms with van der Waals surface area (Å²) in [4.78, 5) is 11.4. The molecule has 0 fully saturated rings. The molecule has 0 radical (unpaired) electrons. The van der Waals surface area contributed by atoms with Crippen LogP contribution in [0.5, 0.6) is 0 Å². The number of rotatable bonds is 2. The summed E-state index contributed by atoms with van der Waals surface area (Å²) < 4.78 is 0. The van der Waals surface area contributed by atoms with Crippen molar-refractivity contribution in [2.75, 3.05) is 6.00 Å². The zero-order valence-electron chi connectivity index (χ0n) is 5.87. The van der Waals surface area contributed by atoms with Gasteiger partial charge in [0.05, 0.1) is 6.00 Å². The maximum absolute atomic E-state index is 10.2. The van der Waals surface area contributed by atoms with Crippen LogP contribution >= 0.6 is 24.0 Å². The first kappa shape index (κ1) is 12.5. The van der Waals surface area contributed by atoms with E-state index < -0.39 is 6.09 Å². The van der Waals surface area contributed by atoms with Crippen molar-refractivity contribution in [3.8, 4) is 0 Å². The fourth-order valence-corrected chi connectivity index (χ4v) is 0.788. The highest BCUT2D eigenvalue weighted by atomic mass is 35.5. The van der Waals surface area contributed by atoms with Crippen LogP contribution in [-0.2, 0) is 0 Å². The Hall–Kier alpha value is -0.150. The number of carboxylic acid groups (broad SMARTS) is 1. The molecule has 0 saturated carbocycles. The van der Waals surface area contributed by atoms with E-state index in [4.69, 9.17) is 16.7 Å². The monoisotopic (exact) mass is 187 g/mol. The Morgan fingerprint density at radius 1 is 1.70 bits per heavy atom. The molecular weight excluding hydrogens is 177 g/mol. The first-order chi connectivity index (χ1) is 4.09. The summed E-state index contributed by atoms with van der Waals surface area (Å²) in [5, 5.41) is 8.39. The number of amides is 1. The second-order valence-electron chi connectivity index (χ2n) is 1.97.